The molecule has 0 N–H and O–H groups in total. The summed E-state index contributed by atoms with van der Waals surface area (Å²) >= 11 is 0. The van der Waals surface area contributed by atoms with Crippen molar-refractivity contribution in [3.63, 3.8) is 0 Å². The lowest BCUT2D eigenvalue weighted by Gasteiger charge is -2.73. The summed E-state index contributed by atoms with van der Waals surface area (Å²) in [6.07, 6.45) is 112. The highest BCUT2D eigenvalue weighted by molar-refractivity contribution is 6.65. The van der Waals surface area contributed by atoms with Gasteiger partial charge in [-0.15, -0.1) is 0 Å². The Bertz CT molecular complexity index is 3110. The topological polar surface area (TPSA) is 9.72 Å². The highest BCUT2D eigenvalue weighted by Crippen LogP contribution is 2.74. The molecule has 23 aliphatic carbocycles. The van der Waals surface area contributed by atoms with Crippen LogP contribution in [0.4, 0.5) is 0 Å². The van der Waals surface area contributed by atoms with Crippen molar-refractivity contribution in [2.24, 2.45) is 201 Å². The zero-order chi connectivity index (χ0) is 77.7. The molecule has 0 aromatic rings. The van der Waals surface area contributed by atoms with Gasteiger partial charge in [-0.1, -0.05) is 283 Å². The summed E-state index contributed by atoms with van der Waals surface area (Å²) in [6.45, 7) is 1.01. The second-order valence-corrected chi connectivity index (χ2v) is 53.8. The summed E-state index contributed by atoms with van der Waals surface area (Å²) in [4.78, 5) is 11.9. The first-order valence-electron chi connectivity index (χ1n) is 58.3. The van der Waals surface area contributed by atoms with Crippen LogP contribution in [-0.2, 0) is 0 Å². The summed E-state index contributed by atoms with van der Waals surface area (Å²) in [5, 5.41) is 0. The third-order valence-electron chi connectivity index (χ3n) is 50.1. The Balaban J connectivity index is 0.656. The fourth-order valence-electron chi connectivity index (χ4n) is 47.3. The van der Waals surface area contributed by atoms with E-state index >= 15 is 0 Å². The van der Waals surface area contributed by atoms with Crippen molar-refractivity contribution in [1.29, 1.82) is 0 Å². The third kappa shape index (κ3) is 13.9. The number of piperidine rings is 2. The average molecular weight is 1620 g/mol. The molecule has 27 aliphatic rings. The highest BCUT2D eigenvalue weighted by Gasteiger charge is 2.72. The zero-order valence-electron chi connectivity index (χ0n) is 77.3. The Morgan fingerprint density at radius 1 is 0.151 bits per heavy atom. The van der Waals surface area contributed by atoms with Crippen LogP contribution in [0.25, 0.3) is 0 Å². The van der Waals surface area contributed by atoms with Gasteiger partial charge in [-0.05, 0) is 379 Å². The van der Waals surface area contributed by atoms with E-state index in [0.29, 0.717) is 0 Å². The Hall–Kier alpha value is -0.0551. The Morgan fingerprint density at radius 2 is 0.429 bits per heavy atom. The predicted molar refractivity (Wildman–Crippen MR) is 494 cm³/mol. The monoisotopic (exact) mass is 1620 g/mol. The summed E-state index contributed by atoms with van der Waals surface area (Å²) in [5.74, 6) is 39.2. The van der Waals surface area contributed by atoms with E-state index in [-0.39, 0.29) is 0 Å². The molecular weight excluding hydrogens is 1430 g/mol. The number of rotatable bonds is 11. The molecule has 30 atom stereocenters. The first kappa shape index (κ1) is 79.9. The molecule has 27 rings (SSSR count). The standard InChI is InChI=1S/C115H184BN3/c1-7-25-72(26-8-1)86-60-97(74-29-11-3-12-30-74)114(98(61-86)75-31-13-4-14-32-75)118-105-51-49-80(84-58-82-41-23-45-93-91-43-19-37-78-39-21-47-95(109(78)91)101(64-84)111(82)93)66-103(105)116-104-67-81(85-59-83-42-24-46-94-92-44-20-38-79-40-22-48-96(110(79)92)102(65-85)112(83)94)50-52-106(104)119(108-69-90(68-107(118)113(108)116)117-88-54-70-53-71(56-88)57-89(117)55-70)115-99(76-33-15-5-16-34-76)62-87(73-27-9-2-10-28-73)63-100(115)77-35-17-6-18-36-77/h70-115H,1-69H2. The Labute approximate surface area is 732 Å². The van der Waals surface area contributed by atoms with Crippen LogP contribution in [0.1, 0.15) is 443 Å². The normalized spacial score (nSPS) is 54.6. The van der Waals surface area contributed by atoms with Crippen LogP contribution in [0.3, 0.4) is 0 Å². The molecule has 4 aliphatic heterocycles. The van der Waals surface area contributed by atoms with Gasteiger partial charge in [0.25, 0.3) is 0 Å². The average Bonchev–Trinajstić information content (AvgIpc) is 0.686. The molecule has 0 aromatic heterocycles. The van der Waals surface area contributed by atoms with Crippen LogP contribution in [0.5, 0.6) is 0 Å². The maximum atomic E-state index is 4.12. The van der Waals surface area contributed by atoms with Gasteiger partial charge in [0.15, 0.2) is 6.71 Å². The lowest BCUT2D eigenvalue weighted by molar-refractivity contribution is -0.161. The first-order valence-corrected chi connectivity index (χ1v) is 58.3. The van der Waals surface area contributed by atoms with E-state index in [0.717, 1.165) is 280 Å². The maximum absolute atomic E-state index is 4.12. The first-order chi connectivity index (χ1) is 59.0. The van der Waals surface area contributed by atoms with Crippen LogP contribution >= 0.6 is 0 Å². The minimum absolute atomic E-state index is 0.837. The van der Waals surface area contributed by atoms with Gasteiger partial charge in [0.05, 0.1) is 0 Å². The van der Waals surface area contributed by atoms with E-state index in [9.17, 15) is 0 Å². The Morgan fingerprint density at radius 3 is 0.773 bits per heavy atom. The minimum Gasteiger partial charge on any atom is -0.295 e. The van der Waals surface area contributed by atoms with Gasteiger partial charge in [0.1, 0.15) is 0 Å². The van der Waals surface area contributed by atoms with Crippen molar-refractivity contribution >= 4 is 6.71 Å². The molecule has 27 fully saturated rings. The largest absolute Gasteiger partial charge is 0.295 e. The van der Waals surface area contributed by atoms with Crippen molar-refractivity contribution in [2.75, 3.05) is 0 Å². The van der Waals surface area contributed by atoms with Crippen LogP contribution in [0, 0.1) is 201 Å². The molecule has 4 bridgehead atoms. The summed E-state index contributed by atoms with van der Waals surface area (Å²) < 4.78 is 0. The highest BCUT2D eigenvalue weighted by atomic mass is 15.3. The van der Waals surface area contributed by atoms with Gasteiger partial charge in [0, 0.05) is 54.4 Å². The van der Waals surface area contributed by atoms with Crippen molar-refractivity contribution in [3.8, 4) is 0 Å². The van der Waals surface area contributed by atoms with Crippen molar-refractivity contribution in [1.82, 2.24) is 14.7 Å². The SMILES string of the molecule is C1CCC(C2CC(C3CCCCC3)C(N3C4CCC(C5CC6CCCC7C8CCCC9CCCC(C(C5)C67)C98)CC4B4C5CC(C6CC7CCCC8C9CCCC%10CCCC(C(C6)C78)C%109)CCC5N(C5C(C6CCCCC6)CC(C6CCCCC6)CC5C5CCCCC5)C5CC(N6C7CC8CC(C7)CC6C8)CC3C45)C(C3CCCCC3)C2)CC1. The van der Waals surface area contributed by atoms with Crippen LogP contribution in [0.2, 0.25) is 17.5 Å². The molecule has 30 unspecified atom stereocenters. The smallest absolute Gasteiger partial charge is 0.156 e. The molecule has 4 heteroatoms. The lowest BCUT2D eigenvalue weighted by atomic mass is 9.17. The molecule has 662 valence electrons. The van der Waals surface area contributed by atoms with Crippen molar-refractivity contribution in [2.45, 2.75) is 515 Å². The summed E-state index contributed by atoms with van der Waals surface area (Å²) in [5.41, 5.74) is 0. The van der Waals surface area contributed by atoms with E-state index in [1.54, 1.807) is 443 Å². The summed E-state index contributed by atoms with van der Waals surface area (Å²) in [7, 11) is 0. The summed E-state index contributed by atoms with van der Waals surface area (Å²) in [6, 6.07) is 7.90. The number of hydrogen-bond acceptors (Lipinski definition) is 3. The van der Waals surface area contributed by atoms with E-state index in [1.165, 1.54) is 0 Å². The minimum atomic E-state index is 0.837. The van der Waals surface area contributed by atoms with Crippen LogP contribution < -0.4 is 0 Å². The van der Waals surface area contributed by atoms with Crippen LogP contribution in [0.15, 0.2) is 0 Å². The van der Waals surface area contributed by atoms with Gasteiger partial charge in [-0.2, -0.15) is 0 Å². The number of fused-ring (bicyclic) bond motifs is 8. The lowest BCUT2D eigenvalue weighted by Crippen LogP contribution is -2.78. The van der Waals surface area contributed by atoms with E-state index in [2.05, 4.69) is 14.7 Å². The Kier molecular flexibility index (Phi) is 22.6. The van der Waals surface area contributed by atoms with Gasteiger partial charge < -0.3 is 0 Å². The fourth-order valence-corrected chi connectivity index (χ4v) is 47.3. The van der Waals surface area contributed by atoms with E-state index in [4.69, 9.17) is 0 Å². The molecule has 23 saturated carbocycles. The number of nitrogens with zero attached hydrogens (tertiary/aromatic N) is 3. The molecule has 0 spiro atoms. The molecule has 4 saturated heterocycles. The molecule has 0 aromatic carbocycles. The van der Waals surface area contributed by atoms with Crippen LogP contribution in [-0.4, -0.2) is 75.8 Å². The van der Waals surface area contributed by atoms with Gasteiger partial charge in [0.2, 0.25) is 0 Å². The van der Waals surface area contributed by atoms with Crippen molar-refractivity contribution < 1.29 is 0 Å². The van der Waals surface area contributed by atoms with Gasteiger partial charge >= 0.3 is 0 Å². The fraction of sp³-hybridized carbons (Fsp3) is 1.00. The number of hydrogen-bond donors (Lipinski definition) is 0. The van der Waals surface area contributed by atoms with Gasteiger partial charge in [-0.3, -0.25) is 14.7 Å². The third-order valence-corrected chi connectivity index (χ3v) is 50.1. The second kappa shape index (κ2) is 33.6. The molecule has 119 heavy (non-hydrogen) atoms. The predicted octanol–water partition coefficient (Wildman–Crippen LogP) is 30.0. The van der Waals surface area contributed by atoms with E-state index < -0.39 is 0 Å². The maximum Gasteiger partial charge on any atom is 0.156 e. The quantitative estimate of drug-likeness (QED) is 0.191. The van der Waals surface area contributed by atoms with Gasteiger partial charge in [-0.25, -0.2) is 0 Å². The van der Waals surface area contributed by atoms with Crippen molar-refractivity contribution in [3.05, 3.63) is 0 Å². The molecular formula is C115H184BN3. The molecule has 3 nitrogen and oxygen atoms in total. The molecule has 0 radical (unpaired) electrons. The molecule has 0 amide bonds. The zero-order valence-corrected chi connectivity index (χ0v) is 77.3. The van der Waals surface area contributed by atoms with E-state index in [1.807, 2.05) is 0 Å². The molecule has 4 heterocycles. The second-order valence-electron chi connectivity index (χ2n) is 53.8.